The van der Waals surface area contributed by atoms with Crippen molar-refractivity contribution in [3.05, 3.63) is 23.7 Å². The third-order valence-corrected chi connectivity index (χ3v) is 1.90. The normalized spacial score (nSPS) is 13.5. The topological polar surface area (TPSA) is 45.4 Å². The van der Waals surface area contributed by atoms with Gasteiger partial charge in [0.1, 0.15) is 11.9 Å². The molecule has 1 rings (SSSR count). The summed E-state index contributed by atoms with van der Waals surface area (Å²) in [5.74, 6) is 0.700. The summed E-state index contributed by atoms with van der Waals surface area (Å²) in [5, 5.41) is 11.5. The molecular weight excluding hydrogens is 192 g/mol. The number of hydrogen-bond donors (Lipinski definition) is 2. The van der Waals surface area contributed by atoms with Crippen LogP contribution < -0.4 is 5.32 Å². The molecule has 0 bridgehead atoms. The Morgan fingerprint density at radius 3 is 2.79 bits per heavy atom. The Hall–Kier alpha value is -0.940. The average molecular weight is 205 g/mol. The van der Waals surface area contributed by atoms with Crippen LogP contribution in [0.4, 0.5) is 8.78 Å². The van der Waals surface area contributed by atoms with Gasteiger partial charge in [-0.2, -0.15) is 0 Å². The van der Waals surface area contributed by atoms with Crippen molar-refractivity contribution >= 4 is 0 Å². The van der Waals surface area contributed by atoms with Crippen molar-refractivity contribution in [2.75, 3.05) is 6.54 Å². The van der Waals surface area contributed by atoms with Gasteiger partial charge in [-0.1, -0.05) is 0 Å². The largest absolute Gasteiger partial charge is 0.468 e. The lowest BCUT2D eigenvalue weighted by Gasteiger charge is -2.09. The molecule has 3 nitrogen and oxygen atoms in total. The zero-order valence-electron chi connectivity index (χ0n) is 7.84. The van der Waals surface area contributed by atoms with Crippen LogP contribution >= 0.6 is 0 Å². The Labute approximate surface area is 80.7 Å². The highest BCUT2D eigenvalue weighted by atomic mass is 19.3. The maximum Gasteiger partial charge on any atom is 0.265 e. The number of aryl methyl sites for hydroxylation is 1. The van der Waals surface area contributed by atoms with Crippen LogP contribution in [0.1, 0.15) is 11.3 Å². The third-order valence-electron chi connectivity index (χ3n) is 1.90. The molecule has 1 aromatic heterocycles. The zero-order chi connectivity index (χ0) is 10.6. The summed E-state index contributed by atoms with van der Waals surface area (Å²) in [6.07, 6.45) is -2.79. The van der Waals surface area contributed by atoms with Gasteiger partial charge in [-0.3, -0.25) is 0 Å². The molecule has 0 radical (unpaired) electrons. The van der Waals surface area contributed by atoms with Crippen LogP contribution in [0.5, 0.6) is 0 Å². The van der Waals surface area contributed by atoms with Gasteiger partial charge in [-0.05, 0) is 18.6 Å². The number of halogens is 2. The van der Waals surface area contributed by atoms with Crippen molar-refractivity contribution in [1.82, 2.24) is 5.32 Å². The molecule has 80 valence electrons. The standard InChI is InChI=1S/C9H13F2NO2/c1-6-2-3-14-8(6)5-12-4-7(13)9(10)11/h2-3,7,9,12-13H,4-5H2,1H3. The summed E-state index contributed by atoms with van der Waals surface area (Å²) in [7, 11) is 0. The van der Waals surface area contributed by atoms with E-state index in [0.717, 1.165) is 5.56 Å². The molecule has 0 aromatic carbocycles. The van der Waals surface area contributed by atoms with Crippen molar-refractivity contribution in [3.8, 4) is 0 Å². The first-order chi connectivity index (χ1) is 6.61. The quantitative estimate of drug-likeness (QED) is 0.761. The zero-order valence-corrected chi connectivity index (χ0v) is 7.84. The fourth-order valence-corrected chi connectivity index (χ4v) is 1.01. The molecular formula is C9H13F2NO2. The van der Waals surface area contributed by atoms with Crippen molar-refractivity contribution in [1.29, 1.82) is 0 Å². The van der Waals surface area contributed by atoms with Crippen molar-refractivity contribution in [3.63, 3.8) is 0 Å². The summed E-state index contributed by atoms with van der Waals surface area (Å²) in [4.78, 5) is 0. The molecule has 0 saturated carbocycles. The molecule has 0 spiro atoms. The third kappa shape index (κ3) is 3.08. The van der Waals surface area contributed by atoms with Gasteiger partial charge in [0.2, 0.25) is 0 Å². The van der Waals surface area contributed by atoms with Gasteiger partial charge in [0.15, 0.2) is 0 Å². The van der Waals surface area contributed by atoms with Crippen LogP contribution in [0.2, 0.25) is 0 Å². The number of hydrogen-bond acceptors (Lipinski definition) is 3. The van der Waals surface area contributed by atoms with Crippen molar-refractivity contribution in [2.24, 2.45) is 0 Å². The van der Waals surface area contributed by atoms with E-state index in [0.29, 0.717) is 12.3 Å². The highest BCUT2D eigenvalue weighted by molar-refractivity contribution is 5.14. The van der Waals surface area contributed by atoms with Gasteiger partial charge in [0, 0.05) is 6.54 Å². The SMILES string of the molecule is Cc1ccoc1CNCC(O)C(F)F. The van der Waals surface area contributed by atoms with E-state index in [2.05, 4.69) is 5.32 Å². The highest BCUT2D eigenvalue weighted by Crippen LogP contribution is 2.08. The lowest BCUT2D eigenvalue weighted by Crippen LogP contribution is -2.31. The number of nitrogens with one attached hydrogen (secondary N) is 1. The number of furan rings is 1. The summed E-state index contributed by atoms with van der Waals surface area (Å²) in [5.41, 5.74) is 0.962. The molecule has 1 aromatic rings. The van der Waals surface area contributed by atoms with E-state index in [1.54, 1.807) is 6.07 Å². The van der Waals surface area contributed by atoms with Gasteiger partial charge in [-0.25, -0.2) is 8.78 Å². The highest BCUT2D eigenvalue weighted by Gasteiger charge is 2.15. The first-order valence-corrected chi connectivity index (χ1v) is 4.31. The van der Waals surface area contributed by atoms with Crippen LogP contribution in [-0.4, -0.2) is 24.2 Å². The Morgan fingerprint density at radius 1 is 1.57 bits per heavy atom. The molecule has 2 N–H and O–H groups in total. The van der Waals surface area contributed by atoms with Crippen LogP contribution in [0.25, 0.3) is 0 Å². The number of rotatable bonds is 5. The van der Waals surface area contributed by atoms with Crippen LogP contribution in [0.15, 0.2) is 16.7 Å². The van der Waals surface area contributed by atoms with Gasteiger partial charge in [-0.15, -0.1) is 0 Å². The smallest absolute Gasteiger partial charge is 0.265 e. The van der Waals surface area contributed by atoms with E-state index in [4.69, 9.17) is 9.52 Å². The molecule has 0 saturated heterocycles. The van der Waals surface area contributed by atoms with E-state index in [1.807, 2.05) is 6.92 Å². The molecule has 14 heavy (non-hydrogen) atoms. The molecule has 0 amide bonds. The summed E-state index contributed by atoms with van der Waals surface area (Å²) in [6.45, 7) is 2.07. The Balaban J connectivity index is 2.25. The molecule has 5 heteroatoms. The Kier molecular flexibility index (Phi) is 4.03. The Bertz CT molecular complexity index is 276. The molecule has 1 heterocycles. The minimum Gasteiger partial charge on any atom is -0.468 e. The minimum absolute atomic E-state index is 0.141. The fourth-order valence-electron chi connectivity index (χ4n) is 1.01. The summed E-state index contributed by atoms with van der Waals surface area (Å²) in [6, 6.07) is 1.79. The van der Waals surface area contributed by atoms with Gasteiger partial charge < -0.3 is 14.8 Å². The van der Waals surface area contributed by atoms with E-state index in [-0.39, 0.29) is 6.54 Å². The molecule has 1 unspecified atom stereocenters. The second-order valence-electron chi connectivity index (χ2n) is 3.06. The number of aliphatic hydroxyl groups is 1. The molecule has 0 fully saturated rings. The van der Waals surface area contributed by atoms with E-state index in [1.165, 1.54) is 6.26 Å². The van der Waals surface area contributed by atoms with E-state index >= 15 is 0 Å². The minimum atomic E-state index is -2.71. The van der Waals surface area contributed by atoms with Crippen molar-refractivity contribution < 1.29 is 18.3 Å². The lowest BCUT2D eigenvalue weighted by atomic mass is 10.3. The number of aliphatic hydroxyl groups excluding tert-OH is 1. The first kappa shape index (κ1) is 11.1. The Morgan fingerprint density at radius 2 is 2.29 bits per heavy atom. The maximum atomic E-state index is 11.9. The van der Waals surface area contributed by atoms with Crippen molar-refractivity contribution in [2.45, 2.75) is 26.0 Å². The molecule has 0 aliphatic heterocycles. The maximum absolute atomic E-state index is 11.9. The van der Waals surface area contributed by atoms with Crippen LogP contribution in [0.3, 0.4) is 0 Å². The van der Waals surface area contributed by atoms with E-state index in [9.17, 15) is 8.78 Å². The average Bonchev–Trinajstić information content (AvgIpc) is 2.51. The lowest BCUT2D eigenvalue weighted by molar-refractivity contribution is -0.00360. The second-order valence-corrected chi connectivity index (χ2v) is 3.06. The molecule has 0 aliphatic carbocycles. The van der Waals surface area contributed by atoms with Gasteiger partial charge in [0.25, 0.3) is 6.43 Å². The monoisotopic (exact) mass is 205 g/mol. The predicted molar refractivity (Wildman–Crippen MR) is 47.2 cm³/mol. The van der Waals surface area contributed by atoms with E-state index < -0.39 is 12.5 Å². The number of alkyl halides is 2. The van der Waals surface area contributed by atoms with Gasteiger partial charge >= 0.3 is 0 Å². The first-order valence-electron chi connectivity index (χ1n) is 4.31. The molecule has 1 atom stereocenters. The fraction of sp³-hybridized carbons (Fsp3) is 0.556. The van der Waals surface area contributed by atoms with Gasteiger partial charge in [0.05, 0.1) is 12.8 Å². The summed E-state index contributed by atoms with van der Waals surface area (Å²) >= 11 is 0. The van der Waals surface area contributed by atoms with Crippen LogP contribution in [0, 0.1) is 6.92 Å². The predicted octanol–water partition coefficient (Wildman–Crippen LogP) is 1.30. The molecule has 0 aliphatic rings. The second kappa shape index (κ2) is 5.07. The summed E-state index contributed by atoms with van der Waals surface area (Å²) < 4.78 is 28.8. The van der Waals surface area contributed by atoms with Crippen LogP contribution in [-0.2, 0) is 6.54 Å².